The van der Waals surface area contributed by atoms with Crippen LogP contribution in [-0.4, -0.2) is 22.4 Å². The number of halogens is 1. The summed E-state index contributed by atoms with van der Waals surface area (Å²) in [7, 11) is 0. The van der Waals surface area contributed by atoms with Gasteiger partial charge < -0.3 is 15.6 Å². The predicted molar refractivity (Wildman–Crippen MR) is 109 cm³/mol. The number of amides is 1. The molecular weight excluding hydrogens is 355 g/mol. The van der Waals surface area contributed by atoms with Crippen molar-refractivity contribution in [2.45, 2.75) is 6.42 Å². The van der Waals surface area contributed by atoms with Gasteiger partial charge in [0.25, 0.3) is 5.91 Å². The van der Waals surface area contributed by atoms with Crippen LogP contribution in [0.2, 0.25) is 0 Å². The van der Waals surface area contributed by atoms with Gasteiger partial charge in [-0.1, -0.05) is 30.3 Å². The van der Waals surface area contributed by atoms with Crippen molar-refractivity contribution in [1.29, 1.82) is 0 Å². The van der Waals surface area contributed by atoms with E-state index in [1.165, 1.54) is 29.3 Å². The van der Waals surface area contributed by atoms with Gasteiger partial charge >= 0.3 is 0 Å². The van der Waals surface area contributed by atoms with Crippen LogP contribution in [0, 0.1) is 5.82 Å². The number of aromatic nitrogens is 2. The summed E-state index contributed by atoms with van der Waals surface area (Å²) in [6.45, 7) is 0.718. The molecule has 2 aromatic carbocycles. The summed E-state index contributed by atoms with van der Waals surface area (Å²) in [5.41, 5.74) is 2.88. The van der Waals surface area contributed by atoms with Crippen LogP contribution in [-0.2, 0) is 6.42 Å². The summed E-state index contributed by atoms with van der Waals surface area (Å²) in [5.74, 6) is -0.190. The van der Waals surface area contributed by atoms with E-state index in [2.05, 4.69) is 32.7 Å². The number of carbonyl (C=O) groups excluding carboxylic acids is 1. The van der Waals surface area contributed by atoms with Gasteiger partial charge in [-0.25, -0.2) is 9.37 Å². The second-order valence-corrected chi connectivity index (χ2v) is 6.40. The van der Waals surface area contributed by atoms with Gasteiger partial charge in [-0.05, 0) is 42.3 Å². The van der Waals surface area contributed by atoms with Crippen LogP contribution in [0.25, 0.3) is 10.9 Å². The van der Waals surface area contributed by atoms with Gasteiger partial charge in [0, 0.05) is 29.8 Å². The molecule has 2 heterocycles. The second-order valence-electron chi connectivity index (χ2n) is 6.40. The van der Waals surface area contributed by atoms with Crippen LogP contribution < -0.4 is 10.6 Å². The van der Waals surface area contributed by atoms with E-state index in [9.17, 15) is 9.18 Å². The van der Waals surface area contributed by atoms with Crippen molar-refractivity contribution < 1.29 is 9.18 Å². The maximum atomic E-state index is 13.6. The fourth-order valence-corrected chi connectivity index (χ4v) is 3.05. The molecular formula is C22H19FN4O. The molecule has 6 heteroatoms. The molecule has 0 saturated carbocycles. The molecule has 5 nitrogen and oxygen atoms in total. The fourth-order valence-electron chi connectivity index (χ4n) is 3.05. The van der Waals surface area contributed by atoms with Crippen LogP contribution in [0.15, 0.2) is 73.1 Å². The molecule has 0 radical (unpaired) electrons. The van der Waals surface area contributed by atoms with Crippen molar-refractivity contribution in [3.05, 3.63) is 90.0 Å². The monoisotopic (exact) mass is 374 g/mol. The van der Waals surface area contributed by atoms with Crippen molar-refractivity contribution >= 4 is 28.3 Å². The Morgan fingerprint density at radius 3 is 2.68 bits per heavy atom. The molecule has 0 spiro atoms. The highest BCUT2D eigenvalue weighted by molar-refractivity contribution is 6.04. The van der Waals surface area contributed by atoms with E-state index in [4.69, 9.17) is 0 Å². The van der Waals surface area contributed by atoms with Crippen LogP contribution in [0.5, 0.6) is 0 Å². The maximum absolute atomic E-state index is 13.6. The molecule has 0 unspecified atom stereocenters. The van der Waals surface area contributed by atoms with E-state index in [0.29, 0.717) is 11.4 Å². The Labute approximate surface area is 161 Å². The lowest BCUT2D eigenvalue weighted by atomic mass is 10.1. The van der Waals surface area contributed by atoms with Gasteiger partial charge in [-0.2, -0.15) is 0 Å². The van der Waals surface area contributed by atoms with Gasteiger partial charge in [-0.3, -0.25) is 4.79 Å². The average molecular weight is 374 g/mol. The minimum atomic E-state index is -0.473. The molecule has 3 N–H and O–H groups in total. The lowest BCUT2D eigenvalue weighted by Gasteiger charge is -2.08. The number of hydrogen-bond acceptors (Lipinski definition) is 3. The van der Waals surface area contributed by atoms with Gasteiger partial charge in [0.05, 0.1) is 11.3 Å². The van der Waals surface area contributed by atoms with Crippen molar-refractivity contribution in [2.24, 2.45) is 0 Å². The smallest absolute Gasteiger partial charge is 0.257 e. The van der Waals surface area contributed by atoms with Gasteiger partial charge in [-0.15, -0.1) is 0 Å². The van der Waals surface area contributed by atoms with E-state index in [-0.39, 0.29) is 5.69 Å². The molecule has 4 aromatic rings. The Bertz CT molecular complexity index is 1100. The van der Waals surface area contributed by atoms with Crippen molar-refractivity contribution in [1.82, 2.24) is 9.97 Å². The van der Waals surface area contributed by atoms with Gasteiger partial charge in [0.2, 0.25) is 0 Å². The zero-order valence-electron chi connectivity index (χ0n) is 15.1. The number of fused-ring (bicyclic) bond motifs is 1. The number of nitrogens with one attached hydrogen (secondary N) is 3. The number of carbonyl (C=O) groups is 1. The minimum absolute atomic E-state index is 0.147. The third-order valence-corrected chi connectivity index (χ3v) is 4.52. The Balaban J connectivity index is 1.34. The fraction of sp³-hybridized carbons (Fsp3) is 0.0909. The second kappa shape index (κ2) is 7.92. The summed E-state index contributed by atoms with van der Waals surface area (Å²) < 4.78 is 13.6. The average Bonchev–Trinajstić information content (AvgIpc) is 3.13. The first-order valence-corrected chi connectivity index (χ1v) is 9.01. The first kappa shape index (κ1) is 17.7. The largest absolute Gasteiger partial charge is 0.370 e. The Morgan fingerprint density at radius 2 is 1.86 bits per heavy atom. The number of nitrogens with zero attached hydrogens (tertiary/aromatic N) is 1. The summed E-state index contributed by atoms with van der Waals surface area (Å²) in [5, 5.41) is 7.02. The minimum Gasteiger partial charge on any atom is -0.370 e. The molecule has 28 heavy (non-hydrogen) atoms. The molecule has 0 atom stereocenters. The molecule has 1 amide bonds. The van der Waals surface area contributed by atoms with Crippen molar-refractivity contribution in [3.63, 3.8) is 0 Å². The van der Waals surface area contributed by atoms with Gasteiger partial charge in [0.1, 0.15) is 11.6 Å². The number of benzene rings is 2. The predicted octanol–water partition coefficient (Wildman–Crippen LogP) is 4.61. The molecule has 4 rings (SSSR count). The van der Waals surface area contributed by atoms with E-state index >= 15 is 0 Å². The number of anilines is 2. The molecule has 0 aliphatic rings. The summed E-state index contributed by atoms with van der Waals surface area (Å²) in [6.07, 6.45) is 4.35. The van der Waals surface area contributed by atoms with E-state index < -0.39 is 11.7 Å². The molecule has 0 saturated heterocycles. The summed E-state index contributed by atoms with van der Waals surface area (Å²) in [4.78, 5) is 19.8. The molecule has 0 bridgehead atoms. The highest BCUT2D eigenvalue weighted by Crippen LogP contribution is 2.18. The normalized spacial score (nSPS) is 10.8. The lowest BCUT2D eigenvalue weighted by Crippen LogP contribution is -2.13. The third-order valence-electron chi connectivity index (χ3n) is 4.52. The highest BCUT2D eigenvalue weighted by atomic mass is 19.1. The van der Waals surface area contributed by atoms with Gasteiger partial charge in [0.15, 0.2) is 0 Å². The van der Waals surface area contributed by atoms with E-state index in [0.717, 1.165) is 18.5 Å². The molecule has 2 aromatic heterocycles. The van der Waals surface area contributed by atoms with Crippen molar-refractivity contribution in [3.8, 4) is 0 Å². The maximum Gasteiger partial charge on any atom is 0.257 e. The summed E-state index contributed by atoms with van der Waals surface area (Å²) >= 11 is 0. The molecule has 140 valence electrons. The summed E-state index contributed by atoms with van der Waals surface area (Å²) in [6, 6.07) is 17.6. The lowest BCUT2D eigenvalue weighted by molar-refractivity contribution is 0.102. The zero-order valence-corrected chi connectivity index (χ0v) is 15.1. The molecule has 0 aliphatic heterocycles. The van der Waals surface area contributed by atoms with E-state index in [1.54, 1.807) is 24.3 Å². The third kappa shape index (κ3) is 3.86. The van der Waals surface area contributed by atoms with Crippen molar-refractivity contribution in [2.75, 3.05) is 17.2 Å². The number of H-pyrrole nitrogens is 1. The Hall–Kier alpha value is -3.67. The van der Waals surface area contributed by atoms with Crippen LogP contribution in [0.3, 0.4) is 0 Å². The quantitative estimate of drug-likeness (QED) is 0.462. The van der Waals surface area contributed by atoms with Crippen LogP contribution in [0.4, 0.5) is 15.9 Å². The molecule has 0 fully saturated rings. The number of hydrogen-bond donors (Lipinski definition) is 3. The number of para-hydroxylation sites is 2. The first-order valence-electron chi connectivity index (χ1n) is 9.01. The Morgan fingerprint density at radius 1 is 1.04 bits per heavy atom. The number of rotatable bonds is 6. The van der Waals surface area contributed by atoms with Crippen LogP contribution in [0.1, 0.15) is 15.9 Å². The highest BCUT2D eigenvalue weighted by Gasteiger charge is 2.09. The zero-order chi connectivity index (χ0) is 19.3. The number of pyridine rings is 1. The Kier molecular flexibility index (Phi) is 5.01. The van der Waals surface area contributed by atoms with Crippen LogP contribution >= 0.6 is 0 Å². The SMILES string of the molecule is O=C(Nc1ccccc1F)c1ccc(NCCc2c[nH]c3ccccc23)nc1. The van der Waals surface area contributed by atoms with E-state index in [1.807, 2.05) is 18.3 Å². The standard InChI is InChI=1S/C22H19FN4O/c23-18-6-2-4-8-20(18)27-22(28)16-9-10-21(26-14-16)24-12-11-15-13-25-19-7-3-1-5-17(15)19/h1-10,13-14,25H,11-12H2,(H,24,26)(H,27,28). The number of aromatic amines is 1. The molecule has 0 aliphatic carbocycles. The topological polar surface area (TPSA) is 69.8 Å². The first-order chi connectivity index (χ1) is 13.7.